The van der Waals surface area contributed by atoms with Crippen LogP contribution in [0, 0.1) is 5.82 Å². The molecule has 30 heavy (non-hydrogen) atoms. The average Bonchev–Trinajstić information content (AvgIpc) is 2.78. The average molecular weight is 406 g/mol. The predicted octanol–water partition coefficient (Wildman–Crippen LogP) is 3.48. The maximum absolute atomic E-state index is 12.9. The molecule has 3 aromatic rings. The Morgan fingerprint density at radius 3 is 2.07 bits per heavy atom. The van der Waals surface area contributed by atoms with Gasteiger partial charge in [0.15, 0.2) is 12.6 Å². The first-order chi connectivity index (χ1) is 14.5. The van der Waals surface area contributed by atoms with Crippen molar-refractivity contribution < 1.29 is 23.5 Å². The number of esters is 1. The molecule has 6 nitrogen and oxygen atoms in total. The molecule has 0 aliphatic rings. The molecule has 0 saturated heterocycles. The van der Waals surface area contributed by atoms with Gasteiger partial charge in [0.1, 0.15) is 5.82 Å². The first-order valence-electron chi connectivity index (χ1n) is 9.16. The van der Waals surface area contributed by atoms with E-state index in [0.29, 0.717) is 16.8 Å². The van der Waals surface area contributed by atoms with E-state index in [1.165, 1.54) is 24.3 Å². The van der Waals surface area contributed by atoms with Crippen molar-refractivity contribution in [1.29, 1.82) is 0 Å². The summed E-state index contributed by atoms with van der Waals surface area (Å²) in [7, 11) is 0. The molecule has 2 N–H and O–H groups in total. The molecule has 3 rings (SSSR count). The Balaban J connectivity index is 1.65. The van der Waals surface area contributed by atoms with Crippen LogP contribution in [-0.2, 0) is 14.3 Å². The molecule has 152 valence electrons. The molecule has 2 amide bonds. The zero-order valence-corrected chi connectivity index (χ0v) is 15.9. The standard InChI is InChI=1S/C23H19FN2O4/c24-18-11-13-19(14-12-18)25-20(27)15-30-23(29)21(16-7-3-1-4-8-16)26-22(28)17-9-5-2-6-10-17/h1-14,21H,15H2,(H,25,27)(H,26,28)/t21-/m1/s1. The van der Waals surface area contributed by atoms with Gasteiger partial charge in [-0.2, -0.15) is 0 Å². The third-order valence-corrected chi connectivity index (χ3v) is 4.15. The lowest BCUT2D eigenvalue weighted by molar-refractivity contribution is -0.149. The number of hydrogen-bond acceptors (Lipinski definition) is 4. The first-order valence-corrected chi connectivity index (χ1v) is 9.16. The van der Waals surface area contributed by atoms with Gasteiger partial charge in [0.25, 0.3) is 11.8 Å². The van der Waals surface area contributed by atoms with Gasteiger partial charge in [0, 0.05) is 11.3 Å². The largest absolute Gasteiger partial charge is 0.454 e. The minimum Gasteiger partial charge on any atom is -0.454 e. The minimum absolute atomic E-state index is 0.370. The fourth-order valence-electron chi connectivity index (χ4n) is 2.68. The molecular weight excluding hydrogens is 387 g/mol. The third-order valence-electron chi connectivity index (χ3n) is 4.15. The second-order valence-electron chi connectivity index (χ2n) is 6.35. The van der Waals surface area contributed by atoms with Gasteiger partial charge in [-0.15, -0.1) is 0 Å². The molecule has 0 spiro atoms. The summed E-state index contributed by atoms with van der Waals surface area (Å²) >= 11 is 0. The number of halogens is 1. The molecule has 3 aromatic carbocycles. The van der Waals surface area contributed by atoms with Gasteiger partial charge in [0.2, 0.25) is 0 Å². The summed E-state index contributed by atoms with van der Waals surface area (Å²) in [5.41, 5.74) is 1.28. The van der Waals surface area contributed by atoms with Crippen molar-refractivity contribution >= 4 is 23.5 Å². The molecule has 0 unspecified atom stereocenters. The van der Waals surface area contributed by atoms with E-state index in [4.69, 9.17) is 4.74 Å². The van der Waals surface area contributed by atoms with Crippen LogP contribution in [0.15, 0.2) is 84.9 Å². The molecule has 1 atom stereocenters. The fraction of sp³-hybridized carbons (Fsp3) is 0.0870. The van der Waals surface area contributed by atoms with E-state index >= 15 is 0 Å². The monoisotopic (exact) mass is 406 g/mol. The normalized spacial score (nSPS) is 11.2. The van der Waals surface area contributed by atoms with E-state index in [1.54, 1.807) is 60.7 Å². The van der Waals surface area contributed by atoms with Gasteiger partial charge < -0.3 is 15.4 Å². The van der Waals surface area contributed by atoms with Crippen molar-refractivity contribution in [3.63, 3.8) is 0 Å². The Kier molecular flexibility index (Phi) is 6.89. The Morgan fingerprint density at radius 2 is 1.43 bits per heavy atom. The van der Waals surface area contributed by atoms with Gasteiger partial charge in [-0.25, -0.2) is 9.18 Å². The van der Waals surface area contributed by atoms with Crippen LogP contribution in [0.25, 0.3) is 0 Å². The summed E-state index contributed by atoms with van der Waals surface area (Å²) < 4.78 is 18.1. The van der Waals surface area contributed by atoms with Crippen molar-refractivity contribution in [3.05, 3.63) is 102 Å². The van der Waals surface area contributed by atoms with Crippen LogP contribution in [0.4, 0.5) is 10.1 Å². The summed E-state index contributed by atoms with van der Waals surface area (Å²) in [5.74, 6) is -2.24. The van der Waals surface area contributed by atoms with Gasteiger partial charge >= 0.3 is 5.97 Å². The van der Waals surface area contributed by atoms with Crippen LogP contribution in [-0.4, -0.2) is 24.4 Å². The highest BCUT2D eigenvalue weighted by Crippen LogP contribution is 2.16. The maximum atomic E-state index is 12.9. The number of anilines is 1. The highest BCUT2D eigenvalue weighted by atomic mass is 19.1. The number of hydrogen-bond donors (Lipinski definition) is 2. The predicted molar refractivity (Wildman–Crippen MR) is 109 cm³/mol. The lowest BCUT2D eigenvalue weighted by Crippen LogP contribution is -2.36. The zero-order chi connectivity index (χ0) is 21.3. The summed E-state index contributed by atoms with van der Waals surface area (Å²) in [4.78, 5) is 37.2. The molecule has 7 heteroatoms. The van der Waals surface area contributed by atoms with E-state index in [2.05, 4.69) is 10.6 Å². The number of carbonyl (C=O) groups excluding carboxylic acids is 3. The van der Waals surface area contributed by atoms with Crippen molar-refractivity contribution in [3.8, 4) is 0 Å². The smallest absolute Gasteiger partial charge is 0.333 e. The van der Waals surface area contributed by atoms with Crippen LogP contribution in [0.5, 0.6) is 0 Å². The Morgan fingerprint density at radius 1 is 0.833 bits per heavy atom. The lowest BCUT2D eigenvalue weighted by atomic mass is 10.1. The van der Waals surface area contributed by atoms with Crippen LogP contribution < -0.4 is 10.6 Å². The van der Waals surface area contributed by atoms with Crippen molar-refractivity contribution in [2.24, 2.45) is 0 Å². The van der Waals surface area contributed by atoms with Crippen LogP contribution in [0.2, 0.25) is 0 Å². The quantitative estimate of drug-likeness (QED) is 0.589. The van der Waals surface area contributed by atoms with Crippen molar-refractivity contribution in [2.45, 2.75) is 6.04 Å². The van der Waals surface area contributed by atoms with Crippen LogP contribution in [0.3, 0.4) is 0 Å². The fourth-order valence-corrected chi connectivity index (χ4v) is 2.68. The van der Waals surface area contributed by atoms with Gasteiger partial charge in [0.05, 0.1) is 0 Å². The second kappa shape index (κ2) is 9.97. The topological polar surface area (TPSA) is 84.5 Å². The minimum atomic E-state index is -1.09. The summed E-state index contributed by atoms with van der Waals surface area (Å²) in [6.45, 7) is -0.555. The highest BCUT2D eigenvalue weighted by Gasteiger charge is 2.25. The van der Waals surface area contributed by atoms with Crippen LogP contribution in [0.1, 0.15) is 22.0 Å². The van der Waals surface area contributed by atoms with E-state index in [1.807, 2.05) is 0 Å². The molecule has 0 aliphatic heterocycles. The summed E-state index contributed by atoms with van der Waals surface area (Å²) in [6.07, 6.45) is 0. The number of amides is 2. The van der Waals surface area contributed by atoms with E-state index in [9.17, 15) is 18.8 Å². The number of rotatable bonds is 7. The van der Waals surface area contributed by atoms with Gasteiger partial charge in [-0.1, -0.05) is 48.5 Å². The zero-order valence-electron chi connectivity index (χ0n) is 15.9. The molecule has 0 bridgehead atoms. The molecule has 0 fully saturated rings. The number of ether oxygens (including phenoxy) is 1. The second-order valence-corrected chi connectivity index (χ2v) is 6.35. The van der Waals surface area contributed by atoms with Crippen LogP contribution >= 0.6 is 0 Å². The van der Waals surface area contributed by atoms with Gasteiger partial charge in [-0.05, 0) is 42.0 Å². The number of nitrogens with one attached hydrogen (secondary N) is 2. The van der Waals surface area contributed by atoms with Crippen molar-refractivity contribution in [2.75, 3.05) is 11.9 Å². The summed E-state index contributed by atoms with van der Waals surface area (Å²) in [6, 6.07) is 21.1. The molecule has 0 radical (unpaired) electrons. The maximum Gasteiger partial charge on any atom is 0.333 e. The van der Waals surface area contributed by atoms with Gasteiger partial charge in [-0.3, -0.25) is 9.59 Å². The number of carbonyl (C=O) groups is 3. The van der Waals surface area contributed by atoms with E-state index in [-0.39, 0.29) is 0 Å². The summed E-state index contributed by atoms with van der Waals surface area (Å²) in [5, 5.41) is 5.14. The molecule has 0 saturated carbocycles. The van der Waals surface area contributed by atoms with E-state index in [0.717, 1.165) is 0 Å². The Hall–Kier alpha value is -4.00. The van der Waals surface area contributed by atoms with Crippen molar-refractivity contribution in [1.82, 2.24) is 5.32 Å². The molecule has 0 aromatic heterocycles. The first kappa shape index (κ1) is 20.7. The Bertz CT molecular complexity index is 1010. The Labute approximate surface area is 172 Å². The van der Waals surface area contributed by atoms with E-state index < -0.39 is 36.2 Å². The third kappa shape index (κ3) is 5.75. The molecular formula is C23H19FN2O4. The SMILES string of the molecule is O=C(COC(=O)[C@H](NC(=O)c1ccccc1)c1ccccc1)Nc1ccc(F)cc1. The molecule has 0 aliphatic carbocycles. The highest BCUT2D eigenvalue weighted by molar-refractivity contribution is 5.97. The lowest BCUT2D eigenvalue weighted by Gasteiger charge is -2.18. The molecule has 0 heterocycles. The number of benzene rings is 3.